The molecule has 1 atom stereocenters. The Balaban J connectivity index is 1.51. The first-order valence-corrected chi connectivity index (χ1v) is 11.4. The molecule has 6 nitrogen and oxygen atoms in total. The molecule has 0 bridgehead atoms. The molecule has 1 aromatic heterocycles. The summed E-state index contributed by atoms with van der Waals surface area (Å²) in [7, 11) is 0. The average molecular weight is 455 g/mol. The van der Waals surface area contributed by atoms with Crippen LogP contribution >= 0.6 is 23.1 Å². The van der Waals surface area contributed by atoms with Crippen molar-refractivity contribution in [1.82, 2.24) is 4.98 Å². The van der Waals surface area contributed by atoms with Crippen molar-refractivity contribution in [2.24, 2.45) is 0 Å². The van der Waals surface area contributed by atoms with Crippen LogP contribution in [0.15, 0.2) is 58.8 Å². The maximum atomic E-state index is 12.4. The summed E-state index contributed by atoms with van der Waals surface area (Å²) in [6.45, 7) is 4.96. The van der Waals surface area contributed by atoms with Crippen molar-refractivity contribution in [2.45, 2.75) is 37.5 Å². The molecule has 0 aliphatic carbocycles. The monoisotopic (exact) mass is 454 g/mol. The summed E-state index contributed by atoms with van der Waals surface area (Å²) < 4.78 is 5.28. The van der Waals surface area contributed by atoms with Gasteiger partial charge < -0.3 is 10.1 Å². The van der Waals surface area contributed by atoms with E-state index in [1.807, 2.05) is 24.4 Å². The molecule has 1 N–H and O–H groups in total. The molecule has 3 rings (SSSR count). The van der Waals surface area contributed by atoms with Gasteiger partial charge in [-0.2, -0.15) is 0 Å². The number of anilines is 1. The van der Waals surface area contributed by atoms with Gasteiger partial charge in [-0.05, 0) is 69.3 Å². The first kappa shape index (κ1) is 22.7. The molecular weight excluding hydrogens is 432 g/mol. The van der Waals surface area contributed by atoms with E-state index in [0.717, 1.165) is 21.3 Å². The molecule has 8 heteroatoms. The molecule has 1 amide bonds. The van der Waals surface area contributed by atoms with Gasteiger partial charge in [0.25, 0.3) is 5.91 Å². The first-order valence-electron chi connectivity index (χ1n) is 9.58. The molecule has 160 valence electrons. The number of nitrogens with one attached hydrogen (secondary N) is 1. The zero-order valence-electron chi connectivity index (χ0n) is 17.4. The lowest BCUT2D eigenvalue weighted by molar-refractivity contribution is -0.123. The number of thioether (sulfide) groups is 1. The second kappa shape index (κ2) is 10.4. The highest BCUT2D eigenvalue weighted by Gasteiger charge is 2.19. The number of thiazole rings is 1. The SMILES string of the molecule is CC(=O)c1ccc(NC(=O)C(C)OC(=O)c2ccc(SCc3csc(C)n3)cc2)cc1. The number of hydrogen-bond donors (Lipinski definition) is 1. The normalized spacial score (nSPS) is 11.6. The third kappa shape index (κ3) is 6.50. The average Bonchev–Trinajstić information content (AvgIpc) is 3.18. The van der Waals surface area contributed by atoms with Gasteiger partial charge in [-0.3, -0.25) is 9.59 Å². The van der Waals surface area contributed by atoms with Crippen LogP contribution < -0.4 is 5.32 Å². The number of carbonyl (C=O) groups is 3. The van der Waals surface area contributed by atoms with Crippen LogP contribution in [0.2, 0.25) is 0 Å². The van der Waals surface area contributed by atoms with Gasteiger partial charge in [0.2, 0.25) is 0 Å². The second-order valence-electron chi connectivity index (χ2n) is 6.84. The van der Waals surface area contributed by atoms with Gasteiger partial charge in [0, 0.05) is 27.3 Å². The predicted molar refractivity (Wildman–Crippen MR) is 123 cm³/mol. The van der Waals surface area contributed by atoms with Crippen LogP contribution in [0.4, 0.5) is 5.69 Å². The number of esters is 1. The molecule has 3 aromatic rings. The van der Waals surface area contributed by atoms with E-state index in [4.69, 9.17) is 4.74 Å². The molecule has 1 heterocycles. The number of ketones is 1. The summed E-state index contributed by atoms with van der Waals surface area (Å²) in [4.78, 5) is 41.4. The maximum absolute atomic E-state index is 12.4. The number of amides is 1. The molecular formula is C23H22N2O4S2. The zero-order chi connectivity index (χ0) is 22.4. The van der Waals surface area contributed by atoms with Crippen LogP contribution in [0.25, 0.3) is 0 Å². The Morgan fingerprint density at radius 2 is 1.71 bits per heavy atom. The Hall–Kier alpha value is -2.97. The van der Waals surface area contributed by atoms with Crippen LogP contribution in [-0.4, -0.2) is 28.7 Å². The summed E-state index contributed by atoms with van der Waals surface area (Å²) in [5.74, 6) is -0.308. The number of rotatable bonds is 8. The number of aryl methyl sites for hydroxylation is 1. The van der Waals surface area contributed by atoms with Crippen LogP contribution in [0.1, 0.15) is 45.3 Å². The van der Waals surface area contributed by atoms with E-state index in [-0.39, 0.29) is 5.78 Å². The molecule has 0 fully saturated rings. The first-order chi connectivity index (χ1) is 14.8. The van der Waals surface area contributed by atoms with Crippen molar-refractivity contribution in [3.05, 3.63) is 75.7 Å². The zero-order valence-corrected chi connectivity index (χ0v) is 19.0. The minimum absolute atomic E-state index is 0.0529. The van der Waals surface area contributed by atoms with Crippen molar-refractivity contribution in [3.63, 3.8) is 0 Å². The van der Waals surface area contributed by atoms with Crippen molar-refractivity contribution in [2.75, 3.05) is 5.32 Å². The highest BCUT2D eigenvalue weighted by molar-refractivity contribution is 7.98. The van der Waals surface area contributed by atoms with Gasteiger partial charge in [-0.1, -0.05) is 0 Å². The molecule has 0 spiro atoms. The number of ether oxygens (including phenoxy) is 1. The van der Waals surface area contributed by atoms with E-state index in [2.05, 4.69) is 10.3 Å². The number of benzene rings is 2. The summed E-state index contributed by atoms with van der Waals surface area (Å²) in [6.07, 6.45) is -0.970. The van der Waals surface area contributed by atoms with Gasteiger partial charge in [0.05, 0.1) is 16.3 Å². The summed E-state index contributed by atoms with van der Waals surface area (Å²) >= 11 is 3.26. The summed E-state index contributed by atoms with van der Waals surface area (Å²) in [5.41, 5.74) is 2.49. The van der Waals surface area contributed by atoms with Gasteiger partial charge in [-0.25, -0.2) is 9.78 Å². The van der Waals surface area contributed by atoms with Crippen molar-refractivity contribution in [3.8, 4) is 0 Å². The molecule has 0 saturated heterocycles. The predicted octanol–water partition coefficient (Wildman–Crippen LogP) is 5.13. The van der Waals surface area contributed by atoms with Crippen LogP contribution in [0, 0.1) is 6.92 Å². The number of hydrogen-bond acceptors (Lipinski definition) is 7. The second-order valence-corrected chi connectivity index (χ2v) is 8.95. The van der Waals surface area contributed by atoms with E-state index in [9.17, 15) is 14.4 Å². The highest BCUT2D eigenvalue weighted by atomic mass is 32.2. The molecule has 0 radical (unpaired) electrons. The molecule has 0 aliphatic rings. The summed E-state index contributed by atoms with van der Waals surface area (Å²) in [5, 5.41) is 5.75. The lowest BCUT2D eigenvalue weighted by Gasteiger charge is -2.14. The quantitative estimate of drug-likeness (QED) is 0.288. The van der Waals surface area contributed by atoms with E-state index in [0.29, 0.717) is 16.8 Å². The van der Waals surface area contributed by atoms with E-state index in [1.165, 1.54) is 13.8 Å². The Bertz CT molecular complexity index is 1080. The maximum Gasteiger partial charge on any atom is 0.338 e. The summed E-state index contributed by atoms with van der Waals surface area (Å²) in [6, 6.07) is 13.6. The number of Topliss-reactive ketones (excluding diaryl/α,β-unsaturated/α-hetero) is 1. The Kier molecular flexibility index (Phi) is 7.59. The lowest BCUT2D eigenvalue weighted by atomic mass is 10.1. The standard InChI is InChI=1S/C23H22N2O4S2/c1-14(26)17-4-8-19(9-5-17)25-22(27)15(2)29-23(28)18-6-10-21(11-7-18)31-13-20-12-30-16(3)24-20/h4-12,15H,13H2,1-3H3,(H,25,27). The number of aromatic nitrogens is 1. The van der Waals surface area contributed by atoms with Crippen molar-refractivity contribution < 1.29 is 19.1 Å². The number of carbonyl (C=O) groups excluding carboxylic acids is 3. The van der Waals surface area contributed by atoms with E-state index < -0.39 is 18.0 Å². The minimum atomic E-state index is -0.970. The van der Waals surface area contributed by atoms with E-state index >= 15 is 0 Å². The Morgan fingerprint density at radius 3 is 2.29 bits per heavy atom. The molecule has 0 saturated carbocycles. The minimum Gasteiger partial charge on any atom is -0.449 e. The van der Waals surface area contributed by atoms with Gasteiger partial charge in [-0.15, -0.1) is 23.1 Å². The van der Waals surface area contributed by atoms with Gasteiger partial charge in [0.1, 0.15) is 0 Å². The van der Waals surface area contributed by atoms with Crippen molar-refractivity contribution >= 4 is 46.4 Å². The fourth-order valence-corrected chi connectivity index (χ4v) is 4.14. The molecule has 2 aromatic carbocycles. The highest BCUT2D eigenvalue weighted by Crippen LogP contribution is 2.24. The largest absolute Gasteiger partial charge is 0.449 e. The fourth-order valence-electron chi connectivity index (χ4n) is 2.63. The molecule has 0 aliphatic heterocycles. The van der Waals surface area contributed by atoms with Crippen LogP contribution in [0.5, 0.6) is 0 Å². The number of nitrogens with zero attached hydrogens (tertiary/aromatic N) is 1. The van der Waals surface area contributed by atoms with Gasteiger partial charge in [0.15, 0.2) is 11.9 Å². The van der Waals surface area contributed by atoms with Crippen LogP contribution in [-0.2, 0) is 15.3 Å². The third-order valence-corrected chi connectivity index (χ3v) is 6.22. The third-order valence-electron chi connectivity index (χ3n) is 4.36. The molecule has 1 unspecified atom stereocenters. The Labute approximate surface area is 189 Å². The van der Waals surface area contributed by atoms with Crippen molar-refractivity contribution in [1.29, 1.82) is 0 Å². The lowest BCUT2D eigenvalue weighted by Crippen LogP contribution is -2.30. The molecule has 31 heavy (non-hydrogen) atoms. The van der Waals surface area contributed by atoms with E-state index in [1.54, 1.807) is 59.5 Å². The fraction of sp³-hybridized carbons (Fsp3) is 0.217. The van der Waals surface area contributed by atoms with Gasteiger partial charge >= 0.3 is 5.97 Å². The topological polar surface area (TPSA) is 85.4 Å². The van der Waals surface area contributed by atoms with Crippen LogP contribution in [0.3, 0.4) is 0 Å². The Morgan fingerprint density at radius 1 is 1.06 bits per heavy atom. The smallest absolute Gasteiger partial charge is 0.338 e.